The summed E-state index contributed by atoms with van der Waals surface area (Å²) < 4.78 is 5.34. The van der Waals surface area contributed by atoms with E-state index in [-0.39, 0.29) is 0 Å². The summed E-state index contributed by atoms with van der Waals surface area (Å²) >= 11 is 0. The molecule has 1 heterocycles. The van der Waals surface area contributed by atoms with Gasteiger partial charge in [0.2, 0.25) is 0 Å². The lowest BCUT2D eigenvalue weighted by Crippen LogP contribution is -2.30. The topological polar surface area (TPSA) is 21.3 Å². The second kappa shape index (κ2) is 6.86. The molecule has 0 saturated carbocycles. The SMILES string of the molecule is CC#CCNC(C)CC1CCOCC1. The molecule has 0 aromatic heterocycles. The van der Waals surface area contributed by atoms with Crippen molar-refractivity contribution in [3.8, 4) is 11.8 Å². The van der Waals surface area contributed by atoms with Gasteiger partial charge in [-0.1, -0.05) is 5.92 Å². The minimum absolute atomic E-state index is 0.582. The molecule has 14 heavy (non-hydrogen) atoms. The zero-order chi connectivity index (χ0) is 10.2. The summed E-state index contributed by atoms with van der Waals surface area (Å²) in [7, 11) is 0. The molecule has 1 atom stereocenters. The van der Waals surface area contributed by atoms with Crippen LogP contribution in [0.5, 0.6) is 0 Å². The fraction of sp³-hybridized carbons (Fsp3) is 0.833. The lowest BCUT2D eigenvalue weighted by atomic mass is 9.93. The average Bonchev–Trinajstić information content (AvgIpc) is 2.20. The first kappa shape index (κ1) is 11.6. The van der Waals surface area contributed by atoms with Gasteiger partial charge in [0.15, 0.2) is 0 Å². The van der Waals surface area contributed by atoms with Crippen molar-refractivity contribution >= 4 is 0 Å². The molecule has 1 N–H and O–H groups in total. The first-order valence-electron chi connectivity index (χ1n) is 5.53. The van der Waals surface area contributed by atoms with E-state index in [1.165, 1.54) is 19.3 Å². The molecule has 0 amide bonds. The van der Waals surface area contributed by atoms with Gasteiger partial charge in [-0.05, 0) is 39.0 Å². The van der Waals surface area contributed by atoms with Gasteiger partial charge in [-0.2, -0.15) is 0 Å². The molecule has 0 radical (unpaired) electrons. The Bertz CT molecular complexity index is 198. The monoisotopic (exact) mass is 195 g/mol. The Labute approximate surface area is 87.4 Å². The molecule has 1 rings (SSSR count). The van der Waals surface area contributed by atoms with Crippen LogP contribution in [0, 0.1) is 17.8 Å². The molecular weight excluding hydrogens is 174 g/mol. The average molecular weight is 195 g/mol. The van der Waals surface area contributed by atoms with Crippen LogP contribution >= 0.6 is 0 Å². The van der Waals surface area contributed by atoms with Crippen LogP contribution in [0.15, 0.2) is 0 Å². The summed E-state index contributed by atoms with van der Waals surface area (Å²) in [4.78, 5) is 0. The van der Waals surface area contributed by atoms with Crippen molar-refractivity contribution in [1.29, 1.82) is 0 Å². The lowest BCUT2D eigenvalue weighted by Gasteiger charge is -2.24. The van der Waals surface area contributed by atoms with E-state index in [1.54, 1.807) is 0 Å². The van der Waals surface area contributed by atoms with Crippen molar-refractivity contribution in [2.24, 2.45) is 5.92 Å². The van der Waals surface area contributed by atoms with E-state index in [0.717, 1.165) is 25.7 Å². The fourth-order valence-electron chi connectivity index (χ4n) is 1.88. The Hall–Kier alpha value is -0.520. The third-order valence-corrected chi connectivity index (χ3v) is 2.74. The summed E-state index contributed by atoms with van der Waals surface area (Å²) in [6.07, 6.45) is 3.71. The van der Waals surface area contributed by atoms with Gasteiger partial charge in [0.05, 0.1) is 6.54 Å². The Balaban J connectivity index is 2.10. The summed E-state index contributed by atoms with van der Waals surface area (Å²) in [5.74, 6) is 6.77. The van der Waals surface area contributed by atoms with Crippen LogP contribution in [0.3, 0.4) is 0 Å². The van der Waals surface area contributed by atoms with Gasteiger partial charge in [-0.3, -0.25) is 0 Å². The number of ether oxygens (including phenoxy) is 1. The molecule has 0 bridgehead atoms. The highest BCUT2D eigenvalue weighted by atomic mass is 16.5. The lowest BCUT2D eigenvalue weighted by molar-refractivity contribution is 0.0613. The van der Waals surface area contributed by atoms with Crippen molar-refractivity contribution in [2.75, 3.05) is 19.8 Å². The van der Waals surface area contributed by atoms with Crippen molar-refractivity contribution in [3.05, 3.63) is 0 Å². The minimum Gasteiger partial charge on any atom is -0.381 e. The zero-order valence-corrected chi connectivity index (χ0v) is 9.31. The maximum absolute atomic E-state index is 5.34. The molecule has 1 fully saturated rings. The standard InChI is InChI=1S/C12H21NO/c1-3-4-7-13-11(2)10-12-5-8-14-9-6-12/h11-13H,5-10H2,1-2H3. The molecule has 0 aliphatic carbocycles. The van der Waals surface area contributed by atoms with Crippen LogP contribution in [-0.2, 0) is 4.74 Å². The molecular formula is C12H21NO. The molecule has 0 aromatic rings. The number of nitrogens with one attached hydrogen (secondary N) is 1. The quantitative estimate of drug-likeness (QED) is 0.691. The Morgan fingerprint density at radius 1 is 1.43 bits per heavy atom. The second-order valence-electron chi connectivity index (χ2n) is 4.00. The minimum atomic E-state index is 0.582. The van der Waals surface area contributed by atoms with E-state index in [9.17, 15) is 0 Å². The Morgan fingerprint density at radius 3 is 2.79 bits per heavy atom. The van der Waals surface area contributed by atoms with Gasteiger partial charge in [0, 0.05) is 19.3 Å². The van der Waals surface area contributed by atoms with Crippen molar-refractivity contribution in [2.45, 2.75) is 39.2 Å². The predicted octanol–water partition coefficient (Wildman–Crippen LogP) is 1.80. The molecule has 2 nitrogen and oxygen atoms in total. The van der Waals surface area contributed by atoms with Gasteiger partial charge >= 0.3 is 0 Å². The van der Waals surface area contributed by atoms with E-state index in [0.29, 0.717) is 6.04 Å². The highest BCUT2D eigenvalue weighted by molar-refractivity contribution is 4.97. The van der Waals surface area contributed by atoms with Gasteiger partial charge in [-0.15, -0.1) is 5.92 Å². The van der Waals surface area contributed by atoms with Gasteiger partial charge in [0.1, 0.15) is 0 Å². The first-order chi connectivity index (χ1) is 6.83. The van der Waals surface area contributed by atoms with Crippen LogP contribution in [-0.4, -0.2) is 25.8 Å². The van der Waals surface area contributed by atoms with Crippen LogP contribution in [0.25, 0.3) is 0 Å². The number of hydrogen-bond acceptors (Lipinski definition) is 2. The highest BCUT2D eigenvalue weighted by Gasteiger charge is 2.15. The molecule has 0 aromatic carbocycles. The third kappa shape index (κ3) is 4.64. The van der Waals surface area contributed by atoms with Gasteiger partial charge < -0.3 is 10.1 Å². The van der Waals surface area contributed by atoms with E-state index in [1.807, 2.05) is 6.92 Å². The smallest absolute Gasteiger partial charge is 0.0578 e. The van der Waals surface area contributed by atoms with Crippen molar-refractivity contribution < 1.29 is 4.74 Å². The molecule has 80 valence electrons. The summed E-state index contributed by atoms with van der Waals surface area (Å²) in [5.41, 5.74) is 0. The molecule has 1 aliphatic heterocycles. The normalized spacial score (nSPS) is 19.9. The van der Waals surface area contributed by atoms with E-state index in [2.05, 4.69) is 24.1 Å². The maximum Gasteiger partial charge on any atom is 0.0578 e. The van der Waals surface area contributed by atoms with Gasteiger partial charge in [-0.25, -0.2) is 0 Å². The fourth-order valence-corrected chi connectivity index (χ4v) is 1.88. The number of rotatable bonds is 4. The van der Waals surface area contributed by atoms with Gasteiger partial charge in [0.25, 0.3) is 0 Å². The Morgan fingerprint density at radius 2 is 2.14 bits per heavy atom. The predicted molar refractivity (Wildman–Crippen MR) is 59.1 cm³/mol. The van der Waals surface area contributed by atoms with Crippen LogP contribution in [0.2, 0.25) is 0 Å². The first-order valence-corrected chi connectivity index (χ1v) is 5.53. The van der Waals surface area contributed by atoms with Crippen molar-refractivity contribution in [1.82, 2.24) is 5.32 Å². The van der Waals surface area contributed by atoms with E-state index >= 15 is 0 Å². The summed E-state index contributed by atoms with van der Waals surface area (Å²) in [6.45, 7) is 6.84. The molecule has 0 spiro atoms. The highest BCUT2D eigenvalue weighted by Crippen LogP contribution is 2.19. The number of hydrogen-bond donors (Lipinski definition) is 1. The second-order valence-corrected chi connectivity index (χ2v) is 4.00. The Kier molecular flexibility index (Phi) is 5.66. The van der Waals surface area contributed by atoms with Crippen LogP contribution in [0.1, 0.15) is 33.1 Å². The summed E-state index contributed by atoms with van der Waals surface area (Å²) in [5, 5.41) is 3.42. The largest absolute Gasteiger partial charge is 0.381 e. The van der Waals surface area contributed by atoms with E-state index < -0.39 is 0 Å². The zero-order valence-electron chi connectivity index (χ0n) is 9.31. The van der Waals surface area contributed by atoms with Crippen molar-refractivity contribution in [3.63, 3.8) is 0 Å². The molecule has 2 heteroatoms. The van der Waals surface area contributed by atoms with Crippen LogP contribution in [0.4, 0.5) is 0 Å². The van der Waals surface area contributed by atoms with E-state index in [4.69, 9.17) is 4.74 Å². The summed E-state index contributed by atoms with van der Waals surface area (Å²) in [6, 6.07) is 0.582. The molecule has 1 unspecified atom stereocenters. The molecule has 1 aliphatic rings. The van der Waals surface area contributed by atoms with Crippen LogP contribution < -0.4 is 5.32 Å². The molecule has 1 saturated heterocycles. The third-order valence-electron chi connectivity index (χ3n) is 2.74. The maximum atomic E-state index is 5.34.